The number of carbonyl (C=O) groups excluding carboxylic acids is 2. The van der Waals surface area contributed by atoms with Crippen LogP contribution in [0.3, 0.4) is 0 Å². The van der Waals surface area contributed by atoms with Crippen LogP contribution >= 0.6 is 11.3 Å². The number of thiophene rings is 1. The number of hydrogen-bond donors (Lipinski definition) is 0. The van der Waals surface area contributed by atoms with Crippen LogP contribution in [0.15, 0.2) is 11.4 Å². The van der Waals surface area contributed by atoms with E-state index < -0.39 is 6.04 Å². The normalized spacial score (nSPS) is 27.9. The van der Waals surface area contributed by atoms with Crippen LogP contribution in [-0.2, 0) is 9.53 Å². The van der Waals surface area contributed by atoms with Crippen molar-refractivity contribution in [2.24, 2.45) is 11.8 Å². The van der Waals surface area contributed by atoms with Crippen LogP contribution in [-0.4, -0.2) is 43.6 Å². The van der Waals surface area contributed by atoms with Gasteiger partial charge in [0.1, 0.15) is 16.7 Å². The molecule has 1 aromatic rings. The van der Waals surface area contributed by atoms with Gasteiger partial charge in [-0.05, 0) is 29.7 Å². The molecule has 3 rings (SSSR count). The van der Waals surface area contributed by atoms with Gasteiger partial charge >= 0.3 is 5.97 Å². The van der Waals surface area contributed by atoms with Gasteiger partial charge in [-0.3, -0.25) is 4.79 Å². The molecule has 1 aliphatic carbocycles. The number of nitrogens with zero attached hydrogens (tertiary/aromatic N) is 1. The molecule has 3 atom stereocenters. The predicted octanol–water partition coefficient (Wildman–Crippen LogP) is 1.39. The van der Waals surface area contributed by atoms with E-state index in [0.29, 0.717) is 23.1 Å². The summed E-state index contributed by atoms with van der Waals surface area (Å²) < 4.78 is 10.00. The number of esters is 1. The Balaban J connectivity index is 1.85. The molecule has 5 nitrogen and oxygen atoms in total. The molecule has 0 aromatic carbocycles. The van der Waals surface area contributed by atoms with Gasteiger partial charge in [0.2, 0.25) is 0 Å². The van der Waals surface area contributed by atoms with Gasteiger partial charge < -0.3 is 14.4 Å². The minimum atomic E-state index is -0.422. The maximum atomic E-state index is 12.5. The molecular weight excluding hydrogens is 266 g/mol. The summed E-state index contributed by atoms with van der Waals surface area (Å²) in [5.74, 6) is 0.865. The van der Waals surface area contributed by atoms with E-state index in [1.54, 1.807) is 11.0 Å². The van der Waals surface area contributed by atoms with Crippen molar-refractivity contribution in [3.63, 3.8) is 0 Å². The van der Waals surface area contributed by atoms with Gasteiger partial charge in [-0.25, -0.2) is 4.79 Å². The second-order valence-electron chi connectivity index (χ2n) is 4.90. The van der Waals surface area contributed by atoms with Crippen LogP contribution in [0.4, 0.5) is 0 Å². The summed E-state index contributed by atoms with van der Waals surface area (Å²) in [5, 5.41) is 1.82. The lowest BCUT2D eigenvalue weighted by Gasteiger charge is -2.25. The van der Waals surface area contributed by atoms with E-state index in [1.807, 2.05) is 5.38 Å². The lowest BCUT2D eigenvalue weighted by Crippen LogP contribution is -2.43. The van der Waals surface area contributed by atoms with Crippen LogP contribution in [0.25, 0.3) is 0 Å². The summed E-state index contributed by atoms with van der Waals surface area (Å²) in [5.41, 5.74) is 0. The molecule has 0 unspecified atom stereocenters. The number of ether oxygens (including phenoxy) is 2. The molecule has 1 saturated carbocycles. The minimum Gasteiger partial charge on any atom is -0.495 e. The van der Waals surface area contributed by atoms with Crippen molar-refractivity contribution in [3.05, 3.63) is 16.3 Å². The number of amides is 1. The van der Waals surface area contributed by atoms with Gasteiger partial charge in [0.05, 0.1) is 14.2 Å². The monoisotopic (exact) mass is 281 g/mol. The SMILES string of the molecule is COC(=O)[C@@H]1[C@@H]2C[C@H]2CN1C(=O)c1sccc1OC. The highest BCUT2D eigenvalue weighted by Gasteiger charge is 2.57. The first-order chi connectivity index (χ1) is 9.17. The molecule has 6 heteroatoms. The van der Waals surface area contributed by atoms with Crippen LogP contribution in [0.1, 0.15) is 16.1 Å². The van der Waals surface area contributed by atoms with Crippen molar-refractivity contribution in [2.75, 3.05) is 20.8 Å². The number of methoxy groups -OCH3 is 2. The van der Waals surface area contributed by atoms with Crippen LogP contribution in [0.2, 0.25) is 0 Å². The second-order valence-corrected chi connectivity index (χ2v) is 5.82. The molecule has 0 spiro atoms. The van der Waals surface area contributed by atoms with E-state index in [0.717, 1.165) is 6.42 Å². The Hall–Kier alpha value is -1.56. The summed E-state index contributed by atoms with van der Waals surface area (Å²) >= 11 is 1.34. The van der Waals surface area contributed by atoms with Gasteiger partial charge in [0.25, 0.3) is 5.91 Å². The van der Waals surface area contributed by atoms with Gasteiger partial charge in [-0.15, -0.1) is 11.3 Å². The van der Waals surface area contributed by atoms with Crippen LogP contribution < -0.4 is 4.74 Å². The smallest absolute Gasteiger partial charge is 0.328 e. The van der Waals surface area contributed by atoms with Crippen molar-refractivity contribution >= 4 is 23.2 Å². The van der Waals surface area contributed by atoms with Crippen LogP contribution in [0.5, 0.6) is 5.75 Å². The highest BCUT2D eigenvalue weighted by atomic mass is 32.1. The Morgan fingerprint density at radius 2 is 2.21 bits per heavy atom. The highest BCUT2D eigenvalue weighted by molar-refractivity contribution is 7.12. The zero-order valence-electron chi connectivity index (χ0n) is 10.8. The standard InChI is InChI=1S/C13H15NO4S/c1-17-9-3-4-19-11(9)12(15)14-6-7-5-8(7)10(14)13(16)18-2/h3-4,7-8,10H,5-6H2,1-2H3/t7-,8+,10-/m0/s1. The quantitative estimate of drug-likeness (QED) is 0.786. The Morgan fingerprint density at radius 1 is 1.42 bits per heavy atom. The number of fused-ring (bicyclic) bond motifs is 1. The van der Waals surface area contributed by atoms with E-state index in [-0.39, 0.29) is 17.8 Å². The maximum Gasteiger partial charge on any atom is 0.328 e. The number of carbonyl (C=O) groups is 2. The second kappa shape index (κ2) is 4.52. The fourth-order valence-corrected chi connectivity index (χ4v) is 3.65. The molecule has 0 N–H and O–H groups in total. The Labute approximate surface area is 115 Å². The van der Waals surface area contributed by atoms with Crippen molar-refractivity contribution in [1.29, 1.82) is 0 Å². The van der Waals surface area contributed by atoms with Crippen molar-refractivity contribution < 1.29 is 19.1 Å². The molecule has 1 aliphatic heterocycles. The zero-order chi connectivity index (χ0) is 13.6. The first-order valence-electron chi connectivity index (χ1n) is 6.17. The molecule has 0 radical (unpaired) electrons. The van der Waals surface area contributed by atoms with E-state index in [9.17, 15) is 9.59 Å². The Morgan fingerprint density at radius 3 is 2.89 bits per heavy atom. The lowest BCUT2D eigenvalue weighted by atomic mass is 10.2. The van der Waals surface area contributed by atoms with Crippen molar-refractivity contribution in [1.82, 2.24) is 4.90 Å². The van der Waals surface area contributed by atoms with Crippen LogP contribution in [0, 0.1) is 11.8 Å². The van der Waals surface area contributed by atoms with E-state index in [2.05, 4.69) is 0 Å². The third kappa shape index (κ3) is 1.90. The third-order valence-corrected chi connectivity index (χ3v) is 4.78. The first kappa shape index (κ1) is 12.5. The summed E-state index contributed by atoms with van der Waals surface area (Å²) in [6.45, 7) is 0.643. The minimum absolute atomic E-state index is 0.130. The average molecular weight is 281 g/mol. The summed E-state index contributed by atoms with van der Waals surface area (Å²) in [4.78, 5) is 26.6. The predicted molar refractivity (Wildman–Crippen MR) is 69.3 cm³/mol. The molecule has 2 heterocycles. The largest absolute Gasteiger partial charge is 0.495 e. The summed E-state index contributed by atoms with van der Waals surface area (Å²) in [6.07, 6.45) is 1.02. The molecule has 0 bridgehead atoms. The molecule has 1 aromatic heterocycles. The fourth-order valence-electron chi connectivity index (χ4n) is 2.84. The number of hydrogen-bond acceptors (Lipinski definition) is 5. The lowest BCUT2D eigenvalue weighted by molar-refractivity contribution is -0.145. The molecule has 102 valence electrons. The summed E-state index contributed by atoms with van der Waals surface area (Å²) in [7, 11) is 2.91. The zero-order valence-corrected chi connectivity index (χ0v) is 11.6. The number of piperidine rings is 1. The Kier molecular flexibility index (Phi) is 2.97. The van der Waals surface area contributed by atoms with Crippen molar-refractivity contribution in [2.45, 2.75) is 12.5 Å². The molecular formula is C13H15NO4S. The topological polar surface area (TPSA) is 55.8 Å². The maximum absolute atomic E-state index is 12.5. The van der Waals surface area contributed by atoms with E-state index in [1.165, 1.54) is 25.6 Å². The van der Waals surface area contributed by atoms with Gasteiger partial charge in [-0.1, -0.05) is 0 Å². The van der Waals surface area contributed by atoms with Crippen molar-refractivity contribution in [3.8, 4) is 5.75 Å². The molecule has 1 saturated heterocycles. The Bertz CT molecular complexity index is 526. The fraction of sp³-hybridized carbons (Fsp3) is 0.538. The third-order valence-electron chi connectivity index (χ3n) is 3.90. The molecule has 19 heavy (non-hydrogen) atoms. The van der Waals surface area contributed by atoms with Gasteiger partial charge in [0.15, 0.2) is 0 Å². The average Bonchev–Trinajstić information content (AvgIpc) is 2.90. The first-order valence-corrected chi connectivity index (χ1v) is 7.05. The van der Waals surface area contributed by atoms with Gasteiger partial charge in [-0.2, -0.15) is 0 Å². The van der Waals surface area contributed by atoms with Gasteiger partial charge in [0, 0.05) is 6.54 Å². The van der Waals surface area contributed by atoms with E-state index >= 15 is 0 Å². The molecule has 2 fully saturated rings. The van der Waals surface area contributed by atoms with E-state index in [4.69, 9.17) is 9.47 Å². The highest BCUT2D eigenvalue weighted by Crippen LogP contribution is 2.50. The molecule has 1 amide bonds. The summed E-state index contributed by atoms with van der Waals surface area (Å²) in [6, 6.07) is 1.34. The number of rotatable bonds is 3. The molecule has 2 aliphatic rings. The number of likely N-dealkylation sites (tertiary alicyclic amines) is 1.